The van der Waals surface area contributed by atoms with Crippen molar-refractivity contribution in [3.63, 3.8) is 0 Å². The topological polar surface area (TPSA) is 89.1 Å². The summed E-state index contributed by atoms with van der Waals surface area (Å²) in [7, 11) is 4.07. The molecule has 1 aliphatic carbocycles. The van der Waals surface area contributed by atoms with Crippen LogP contribution in [-0.2, 0) is 6.54 Å². The Hall–Kier alpha value is -2.77. The number of carbonyl (C=O) groups is 1. The van der Waals surface area contributed by atoms with Gasteiger partial charge in [0, 0.05) is 48.7 Å². The summed E-state index contributed by atoms with van der Waals surface area (Å²) < 4.78 is 1.99. The monoisotopic (exact) mass is 350 g/mol. The lowest BCUT2D eigenvalue weighted by molar-refractivity contribution is 0.104. The van der Waals surface area contributed by atoms with Crippen LogP contribution in [0.25, 0.3) is 22.2 Å². The Labute approximate surface area is 151 Å². The number of nitrogens with zero attached hydrogens (tertiary/aromatic N) is 4. The molecule has 3 aromatic rings. The number of likely N-dealkylation sites (N-methyl/N-ethyl adjacent to an activating group) is 1. The molecule has 0 spiro atoms. The normalized spacial score (nSPS) is 12.7. The van der Waals surface area contributed by atoms with E-state index in [2.05, 4.69) is 15.2 Å². The lowest BCUT2D eigenvalue weighted by Gasteiger charge is -2.18. The molecule has 0 aliphatic heterocycles. The third-order valence-corrected chi connectivity index (χ3v) is 4.69. The summed E-state index contributed by atoms with van der Waals surface area (Å²) in [5.74, 6) is -0.0159. The van der Waals surface area contributed by atoms with Crippen molar-refractivity contribution in [3.8, 4) is 11.3 Å². The number of anilines is 1. The zero-order valence-electron chi connectivity index (χ0n) is 15.0. The number of pyridine rings is 1. The predicted octanol–water partition coefficient (Wildman–Crippen LogP) is 1.57. The third kappa shape index (κ3) is 2.56. The molecule has 2 heterocycles. The first-order valence-corrected chi connectivity index (χ1v) is 8.73. The van der Waals surface area contributed by atoms with E-state index in [9.17, 15) is 4.79 Å². The maximum absolute atomic E-state index is 13.2. The lowest BCUT2D eigenvalue weighted by Crippen LogP contribution is -2.19. The van der Waals surface area contributed by atoms with Gasteiger partial charge in [0.15, 0.2) is 5.78 Å². The van der Waals surface area contributed by atoms with E-state index in [0.29, 0.717) is 24.2 Å². The van der Waals surface area contributed by atoms with E-state index < -0.39 is 0 Å². The maximum atomic E-state index is 13.2. The molecule has 0 saturated carbocycles. The molecule has 0 amide bonds. The average molecular weight is 350 g/mol. The highest BCUT2D eigenvalue weighted by molar-refractivity contribution is 6.27. The van der Waals surface area contributed by atoms with E-state index >= 15 is 0 Å². The van der Waals surface area contributed by atoms with E-state index in [0.717, 1.165) is 40.9 Å². The maximum Gasteiger partial charge on any atom is 0.198 e. The molecule has 0 bridgehead atoms. The van der Waals surface area contributed by atoms with E-state index in [1.54, 1.807) is 12.4 Å². The number of hydrogen-bond donors (Lipinski definition) is 2. The van der Waals surface area contributed by atoms with Crippen LogP contribution in [0.2, 0.25) is 0 Å². The fourth-order valence-corrected chi connectivity index (χ4v) is 3.43. The Balaban J connectivity index is 1.96. The van der Waals surface area contributed by atoms with Crippen molar-refractivity contribution in [3.05, 3.63) is 41.7 Å². The van der Waals surface area contributed by atoms with Crippen molar-refractivity contribution in [1.29, 1.82) is 0 Å². The molecular weight excluding hydrogens is 328 g/mol. The molecule has 3 N–H and O–H groups in total. The van der Waals surface area contributed by atoms with E-state index in [1.165, 1.54) is 0 Å². The van der Waals surface area contributed by atoms with Gasteiger partial charge >= 0.3 is 0 Å². The number of fused-ring (bicyclic) bond motifs is 2. The first kappa shape index (κ1) is 16.7. The summed E-state index contributed by atoms with van der Waals surface area (Å²) in [6.07, 6.45) is 3.34. The van der Waals surface area contributed by atoms with Gasteiger partial charge in [-0.2, -0.15) is 5.10 Å². The van der Waals surface area contributed by atoms with Crippen molar-refractivity contribution in [2.45, 2.75) is 6.54 Å². The number of benzene rings is 1. The summed E-state index contributed by atoms with van der Waals surface area (Å²) in [5, 5.41) is 9.03. The van der Waals surface area contributed by atoms with E-state index in [1.807, 2.05) is 37.0 Å². The largest absolute Gasteiger partial charge is 0.383 e. The van der Waals surface area contributed by atoms with Crippen molar-refractivity contribution in [2.75, 3.05) is 39.0 Å². The molecule has 7 nitrogen and oxygen atoms in total. The highest BCUT2D eigenvalue weighted by Crippen LogP contribution is 2.41. The molecule has 0 atom stereocenters. The molecule has 7 heteroatoms. The molecule has 0 unspecified atom stereocenters. The van der Waals surface area contributed by atoms with Gasteiger partial charge in [-0.1, -0.05) is 0 Å². The summed E-state index contributed by atoms with van der Waals surface area (Å²) in [6.45, 7) is 2.73. The van der Waals surface area contributed by atoms with Crippen molar-refractivity contribution < 1.29 is 4.79 Å². The minimum absolute atomic E-state index is 0.0159. The molecule has 2 aromatic heterocycles. The Morgan fingerprint density at radius 2 is 2.08 bits per heavy atom. The van der Waals surface area contributed by atoms with Crippen LogP contribution in [-0.4, -0.2) is 59.2 Å². The van der Waals surface area contributed by atoms with Crippen molar-refractivity contribution in [1.82, 2.24) is 19.7 Å². The number of aromatic nitrogens is 3. The molecule has 0 saturated heterocycles. The van der Waals surface area contributed by atoms with Gasteiger partial charge in [-0.25, -0.2) is 0 Å². The van der Waals surface area contributed by atoms with Gasteiger partial charge in [0.1, 0.15) is 5.69 Å². The number of hydrogen-bond acceptors (Lipinski definition) is 6. The second-order valence-electron chi connectivity index (χ2n) is 6.72. The third-order valence-electron chi connectivity index (χ3n) is 4.69. The Morgan fingerprint density at radius 3 is 2.85 bits per heavy atom. The zero-order chi connectivity index (χ0) is 18.3. The smallest absolute Gasteiger partial charge is 0.198 e. The van der Waals surface area contributed by atoms with Crippen LogP contribution in [0.1, 0.15) is 15.9 Å². The first-order chi connectivity index (χ1) is 12.6. The molecular formula is C19H22N6O. The number of carbonyl (C=O) groups excluding carboxylic acids is 1. The number of nitrogens with one attached hydrogen (secondary N) is 1. The van der Waals surface area contributed by atoms with E-state index in [-0.39, 0.29) is 5.78 Å². The van der Waals surface area contributed by atoms with Crippen LogP contribution in [0, 0.1) is 0 Å². The van der Waals surface area contributed by atoms with Gasteiger partial charge in [-0.05, 0) is 32.3 Å². The van der Waals surface area contributed by atoms with Gasteiger partial charge < -0.3 is 16.0 Å². The van der Waals surface area contributed by atoms with Crippen LogP contribution >= 0.6 is 0 Å². The van der Waals surface area contributed by atoms with Crippen molar-refractivity contribution >= 4 is 22.4 Å². The fraction of sp³-hybridized carbons (Fsp3) is 0.316. The van der Waals surface area contributed by atoms with Gasteiger partial charge in [0.25, 0.3) is 0 Å². The highest BCUT2D eigenvalue weighted by Gasteiger charge is 2.31. The second kappa shape index (κ2) is 6.51. The second-order valence-corrected chi connectivity index (χ2v) is 6.72. The van der Waals surface area contributed by atoms with Crippen LogP contribution in [0.15, 0.2) is 30.6 Å². The minimum Gasteiger partial charge on any atom is -0.383 e. The molecule has 0 radical (unpaired) electrons. The molecule has 4 rings (SSSR count). The zero-order valence-corrected chi connectivity index (χ0v) is 15.0. The highest BCUT2D eigenvalue weighted by atomic mass is 16.1. The number of nitrogens with two attached hydrogens (primary N) is 1. The van der Waals surface area contributed by atoms with Crippen LogP contribution < -0.4 is 11.1 Å². The Kier molecular flexibility index (Phi) is 4.18. The molecule has 134 valence electrons. The van der Waals surface area contributed by atoms with Gasteiger partial charge in [0.2, 0.25) is 0 Å². The Morgan fingerprint density at radius 1 is 1.23 bits per heavy atom. The van der Waals surface area contributed by atoms with Gasteiger partial charge in [-0.3, -0.25) is 14.5 Å². The first-order valence-electron chi connectivity index (χ1n) is 8.73. The fourth-order valence-electron chi connectivity index (χ4n) is 3.43. The van der Waals surface area contributed by atoms with Crippen LogP contribution in [0.4, 0.5) is 5.69 Å². The molecule has 26 heavy (non-hydrogen) atoms. The standard InChI is InChI=1S/C19H22N6O/c1-24(2)9-10-25-15-4-3-14(22-8-6-20)16-17(15)18(23-25)12-5-7-21-11-13(12)19(16)26/h3-5,7,11,22H,6,8-10,20H2,1-2H3. The minimum atomic E-state index is -0.0159. The van der Waals surface area contributed by atoms with Gasteiger partial charge in [-0.15, -0.1) is 0 Å². The van der Waals surface area contributed by atoms with Crippen LogP contribution in [0.5, 0.6) is 0 Å². The van der Waals surface area contributed by atoms with Gasteiger partial charge in [0.05, 0.1) is 23.2 Å². The SMILES string of the molecule is CN(C)CCn1nc2c3c(c(NCCN)ccc31)C(=O)c1cnccc1-2. The van der Waals surface area contributed by atoms with Crippen LogP contribution in [0.3, 0.4) is 0 Å². The quantitative estimate of drug-likeness (QED) is 0.549. The number of ketones is 1. The van der Waals surface area contributed by atoms with E-state index in [4.69, 9.17) is 10.8 Å². The van der Waals surface area contributed by atoms with Crippen molar-refractivity contribution in [2.24, 2.45) is 5.73 Å². The summed E-state index contributed by atoms with van der Waals surface area (Å²) >= 11 is 0. The summed E-state index contributed by atoms with van der Waals surface area (Å²) in [6, 6.07) is 5.85. The average Bonchev–Trinajstić information content (AvgIpc) is 3.02. The number of rotatable bonds is 6. The summed E-state index contributed by atoms with van der Waals surface area (Å²) in [4.78, 5) is 19.5. The molecule has 1 aromatic carbocycles. The Bertz CT molecular complexity index is 991. The molecule has 0 fully saturated rings. The predicted molar refractivity (Wildman–Crippen MR) is 102 cm³/mol. The summed E-state index contributed by atoms with van der Waals surface area (Å²) in [5.41, 5.74) is 10.4. The molecule has 1 aliphatic rings. The lowest BCUT2D eigenvalue weighted by atomic mass is 9.87.